The molecule has 2 heterocycles. The Labute approximate surface area is 155 Å². The molecular weight excluding hydrogens is 373 g/mol. The Morgan fingerprint density at radius 1 is 1.11 bits per heavy atom. The molecule has 0 bridgehead atoms. The van der Waals surface area contributed by atoms with Crippen LogP contribution in [-0.4, -0.2) is 42.6 Å². The van der Waals surface area contributed by atoms with Crippen LogP contribution in [0.2, 0.25) is 0 Å². The molecule has 0 saturated carbocycles. The molecule has 1 aliphatic rings. The highest BCUT2D eigenvalue weighted by Gasteiger charge is 2.34. The van der Waals surface area contributed by atoms with Crippen molar-refractivity contribution in [3.8, 4) is 11.4 Å². The predicted molar refractivity (Wildman–Crippen MR) is 93.6 cm³/mol. The third-order valence-corrected chi connectivity index (χ3v) is 6.07. The van der Waals surface area contributed by atoms with Gasteiger partial charge >= 0.3 is 0 Å². The lowest BCUT2D eigenvalue weighted by Gasteiger charge is -2.30. The first-order valence-corrected chi connectivity index (χ1v) is 9.74. The van der Waals surface area contributed by atoms with Gasteiger partial charge in [-0.1, -0.05) is 41.6 Å². The average Bonchev–Trinajstić information content (AvgIpc) is 3.19. The fourth-order valence-electron chi connectivity index (χ4n) is 2.84. The van der Waals surface area contributed by atoms with Crippen molar-refractivity contribution >= 4 is 10.0 Å². The molecule has 1 aromatic heterocycles. The van der Waals surface area contributed by atoms with E-state index in [9.17, 15) is 12.8 Å². The highest BCUT2D eigenvalue weighted by molar-refractivity contribution is 7.89. The monoisotopic (exact) mass is 389 g/mol. The molecule has 2 aromatic carbocycles. The van der Waals surface area contributed by atoms with Gasteiger partial charge < -0.3 is 9.26 Å². The molecule has 27 heavy (non-hydrogen) atoms. The van der Waals surface area contributed by atoms with Crippen molar-refractivity contribution in [2.75, 3.05) is 19.7 Å². The zero-order valence-electron chi connectivity index (χ0n) is 14.2. The number of hydrogen-bond acceptors (Lipinski definition) is 6. The van der Waals surface area contributed by atoms with Gasteiger partial charge in [-0.05, 0) is 18.2 Å². The van der Waals surface area contributed by atoms with Crippen molar-refractivity contribution in [1.29, 1.82) is 0 Å². The number of hydrogen-bond donors (Lipinski definition) is 0. The summed E-state index contributed by atoms with van der Waals surface area (Å²) in [5, 5.41) is 3.93. The summed E-state index contributed by atoms with van der Waals surface area (Å²) in [6, 6.07) is 14.2. The third-order valence-electron chi connectivity index (χ3n) is 4.21. The standard InChI is InChI=1S/C18H16FN3O4S/c19-14-7-4-8-15(11-14)27(23,24)22-9-10-25-16(12-22)18-20-17(21-26-18)13-5-2-1-3-6-13/h1-8,11,16H,9-10,12H2/t16-/m1/s1. The molecule has 0 unspecified atom stereocenters. The SMILES string of the molecule is O=S(=O)(c1cccc(F)c1)N1CCO[C@@H](c2nc(-c3ccccc3)no2)C1. The van der Waals surface area contributed by atoms with Gasteiger partial charge in [0.2, 0.25) is 15.8 Å². The lowest BCUT2D eigenvalue weighted by Crippen LogP contribution is -2.42. The van der Waals surface area contributed by atoms with Gasteiger partial charge in [0.15, 0.2) is 6.10 Å². The average molecular weight is 389 g/mol. The molecule has 3 aromatic rings. The van der Waals surface area contributed by atoms with Crippen LogP contribution in [0.25, 0.3) is 11.4 Å². The Bertz CT molecular complexity index is 1040. The van der Waals surface area contributed by atoms with Gasteiger partial charge in [-0.3, -0.25) is 0 Å². The van der Waals surface area contributed by atoms with E-state index in [1.807, 2.05) is 30.3 Å². The smallest absolute Gasteiger partial charge is 0.257 e. The van der Waals surface area contributed by atoms with Crippen molar-refractivity contribution in [2.45, 2.75) is 11.0 Å². The van der Waals surface area contributed by atoms with Crippen molar-refractivity contribution in [2.24, 2.45) is 0 Å². The Morgan fingerprint density at radius 3 is 2.70 bits per heavy atom. The minimum atomic E-state index is -3.85. The van der Waals surface area contributed by atoms with Gasteiger partial charge in [0.1, 0.15) is 5.82 Å². The molecule has 4 rings (SSSR count). The first-order chi connectivity index (χ1) is 13.0. The van der Waals surface area contributed by atoms with Crippen LogP contribution in [0.5, 0.6) is 0 Å². The van der Waals surface area contributed by atoms with Crippen LogP contribution in [0.15, 0.2) is 64.0 Å². The summed E-state index contributed by atoms with van der Waals surface area (Å²) in [5.41, 5.74) is 0.785. The van der Waals surface area contributed by atoms with Gasteiger partial charge in [0, 0.05) is 18.7 Å². The van der Waals surface area contributed by atoms with Crippen LogP contribution in [0.3, 0.4) is 0 Å². The molecule has 140 valence electrons. The summed E-state index contributed by atoms with van der Waals surface area (Å²) >= 11 is 0. The number of rotatable bonds is 4. The molecule has 1 fully saturated rings. The van der Waals surface area contributed by atoms with Gasteiger partial charge in [-0.25, -0.2) is 12.8 Å². The van der Waals surface area contributed by atoms with E-state index in [-0.39, 0.29) is 30.5 Å². The molecule has 0 aliphatic carbocycles. The maximum atomic E-state index is 13.4. The summed E-state index contributed by atoms with van der Waals surface area (Å²) in [7, 11) is -3.85. The molecule has 0 N–H and O–H groups in total. The van der Waals surface area contributed by atoms with E-state index >= 15 is 0 Å². The van der Waals surface area contributed by atoms with E-state index in [0.29, 0.717) is 5.82 Å². The van der Waals surface area contributed by atoms with E-state index in [1.165, 1.54) is 22.5 Å². The summed E-state index contributed by atoms with van der Waals surface area (Å²) in [5.74, 6) is -0.00223. The zero-order chi connectivity index (χ0) is 18.9. The lowest BCUT2D eigenvalue weighted by atomic mass is 10.2. The van der Waals surface area contributed by atoms with Crippen molar-refractivity contribution in [1.82, 2.24) is 14.4 Å². The molecule has 0 amide bonds. The van der Waals surface area contributed by atoms with Crippen LogP contribution in [-0.2, 0) is 14.8 Å². The number of halogens is 1. The van der Waals surface area contributed by atoms with Crippen LogP contribution in [0, 0.1) is 5.82 Å². The second-order valence-electron chi connectivity index (χ2n) is 6.00. The molecule has 1 atom stereocenters. The summed E-state index contributed by atoms with van der Waals surface area (Å²) in [6.45, 7) is 0.340. The highest BCUT2D eigenvalue weighted by atomic mass is 32.2. The normalized spacial score (nSPS) is 18.5. The molecule has 0 radical (unpaired) electrons. The lowest BCUT2D eigenvalue weighted by molar-refractivity contribution is -0.0199. The van der Waals surface area contributed by atoms with Crippen molar-refractivity contribution in [3.63, 3.8) is 0 Å². The largest absolute Gasteiger partial charge is 0.366 e. The maximum Gasteiger partial charge on any atom is 0.257 e. The summed E-state index contributed by atoms with van der Waals surface area (Å²) in [6.07, 6.45) is -0.688. The van der Waals surface area contributed by atoms with E-state index in [1.54, 1.807) is 0 Å². The summed E-state index contributed by atoms with van der Waals surface area (Å²) < 4.78 is 51.1. The number of aromatic nitrogens is 2. The number of morpholine rings is 1. The van der Waals surface area contributed by atoms with Crippen LogP contribution < -0.4 is 0 Å². The maximum absolute atomic E-state index is 13.4. The fraction of sp³-hybridized carbons (Fsp3) is 0.222. The minimum Gasteiger partial charge on any atom is -0.366 e. The molecule has 0 spiro atoms. The van der Waals surface area contributed by atoms with Gasteiger partial charge in [-0.2, -0.15) is 9.29 Å². The Balaban J connectivity index is 1.56. The first-order valence-electron chi connectivity index (χ1n) is 8.30. The van der Waals surface area contributed by atoms with E-state index in [0.717, 1.165) is 11.6 Å². The Hall–Kier alpha value is -2.62. The quantitative estimate of drug-likeness (QED) is 0.682. The van der Waals surface area contributed by atoms with Crippen molar-refractivity contribution < 1.29 is 22.1 Å². The predicted octanol–water partition coefficient (Wildman–Crippen LogP) is 2.64. The number of ether oxygens (including phenoxy) is 1. The molecule has 1 aliphatic heterocycles. The Kier molecular flexibility index (Phi) is 4.73. The summed E-state index contributed by atoms with van der Waals surface area (Å²) in [4.78, 5) is 4.22. The van der Waals surface area contributed by atoms with Crippen LogP contribution in [0.1, 0.15) is 12.0 Å². The minimum absolute atomic E-state index is 0.00920. The molecular formula is C18H16FN3O4S. The topological polar surface area (TPSA) is 85.5 Å². The van der Waals surface area contributed by atoms with E-state index in [4.69, 9.17) is 9.26 Å². The van der Waals surface area contributed by atoms with Crippen LogP contribution >= 0.6 is 0 Å². The van der Waals surface area contributed by atoms with E-state index in [2.05, 4.69) is 10.1 Å². The number of benzene rings is 2. The molecule has 7 nitrogen and oxygen atoms in total. The second kappa shape index (κ2) is 7.18. The number of sulfonamides is 1. The van der Waals surface area contributed by atoms with Gasteiger partial charge in [-0.15, -0.1) is 0 Å². The zero-order valence-corrected chi connectivity index (χ0v) is 15.0. The van der Waals surface area contributed by atoms with Crippen LogP contribution in [0.4, 0.5) is 4.39 Å². The second-order valence-corrected chi connectivity index (χ2v) is 7.94. The molecule has 9 heteroatoms. The molecule has 1 saturated heterocycles. The van der Waals surface area contributed by atoms with Gasteiger partial charge in [0.25, 0.3) is 5.89 Å². The first kappa shape index (κ1) is 17.8. The third kappa shape index (κ3) is 3.61. The number of nitrogens with zero attached hydrogens (tertiary/aromatic N) is 3. The van der Waals surface area contributed by atoms with Crippen molar-refractivity contribution in [3.05, 3.63) is 66.3 Å². The van der Waals surface area contributed by atoms with Gasteiger partial charge in [0.05, 0.1) is 11.5 Å². The fourth-order valence-corrected chi connectivity index (χ4v) is 4.30. The van der Waals surface area contributed by atoms with E-state index < -0.39 is 21.9 Å². The Morgan fingerprint density at radius 2 is 1.93 bits per heavy atom. The highest BCUT2D eigenvalue weighted by Crippen LogP contribution is 2.27.